The molecular weight excluding hydrogens is 386 g/mol. The van der Waals surface area contributed by atoms with E-state index in [0.29, 0.717) is 34.9 Å². The van der Waals surface area contributed by atoms with Gasteiger partial charge in [0.25, 0.3) is 0 Å². The van der Waals surface area contributed by atoms with Gasteiger partial charge in [0.05, 0.1) is 32.4 Å². The molecule has 2 heterocycles. The Morgan fingerprint density at radius 1 is 1.17 bits per heavy atom. The van der Waals surface area contributed by atoms with Gasteiger partial charge in [-0.2, -0.15) is 0 Å². The fourth-order valence-corrected chi connectivity index (χ4v) is 4.02. The maximum Gasteiger partial charge on any atom is 0.338 e. The number of carbonyl (C=O) groups excluding carboxylic acids is 2. The predicted molar refractivity (Wildman–Crippen MR) is 113 cm³/mol. The van der Waals surface area contributed by atoms with Crippen molar-refractivity contribution in [1.82, 2.24) is 15.1 Å². The molecule has 0 bridgehead atoms. The van der Waals surface area contributed by atoms with Crippen molar-refractivity contribution in [2.45, 2.75) is 32.2 Å². The minimum absolute atomic E-state index is 0.253. The third-order valence-corrected chi connectivity index (χ3v) is 5.65. The number of methoxy groups -OCH3 is 2. The summed E-state index contributed by atoms with van der Waals surface area (Å²) in [7, 11) is 4.82. The second-order valence-corrected chi connectivity index (χ2v) is 7.47. The van der Waals surface area contributed by atoms with E-state index in [2.05, 4.69) is 10.2 Å². The Kier molecular flexibility index (Phi) is 7.20. The Morgan fingerprint density at radius 2 is 1.90 bits per heavy atom. The molecule has 1 fully saturated rings. The molecule has 0 aliphatic carbocycles. The zero-order valence-corrected chi connectivity index (χ0v) is 18.2. The number of hydrogen-bond donors (Lipinski definition) is 1. The molecule has 0 saturated carbocycles. The van der Waals surface area contributed by atoms with E-state index in [-0.39, 0.29) is 12.6 Å². The van der Waals surface area contributed by atoms with E-state index in [1.807, 2.05) is 6.07 Å². The monoisotopic (exact) mass is 417 g/mol. The number of likely N-dealkylation sites (tertiary alicyclic amines) is 1. The summed E-state index contributed by atoms with van der Waals surface area (Å²) in [5, 5.41) is 2.94. The van der Waals surface area contributed by atoms with E-state index < -0.39 is 12.0 Å². The fourth-order valence-electron chi connectivity index (χ4n) is 4.02. The molecule has 3 rings (SSSR count). The lowest BCUT2D eigenvalue weighted by Crippen LogP contribution is -2.49. The van der Waals surface area contributed by atoms with Crippen LogP contribution in [-0.2, 0) is 9.53 Å². The summed E-state index contributed by atoms with van der Waals surface area (Å²) in [4.78, 5) is 29.7. The molecule has 8 nitrogen and oxygen atoms in total. The lowest BCUT2D eigenvalue weighted by molar-refractivity contribution is -0.139. The standard InChI is InChI=1S/C22H31N3O5/c1-5-30-21(26)19-17(14-25-11-7-6-8-12-25)24(2)22(27)23-20(19)16-10-9-15(28-3)13-18(16)29-4/h9-10,13,20H,5-8,11-12,14H2,1-4H3,(H,23,27)/t20-/m0/s1. The van der Waals surface area contributed by atoms with Crippen LogP contribution in [0.5, 0.6) is 11.5 Å². The number of amides is 2. The van der Waals surface area contributed by atoms with E-state index in [1.165, 1.54) is 11.3 Å². The number of ether oxygens (including phenoxy) is 3. The highest BCUT2D eigenvalue weighted by molar-refractivity contribution is 5.95. The van der Waals surface area contributed by atoms with Gasteiger partial charge in [-0.25, -0.2) is 9.59 Å². The van der Waals surface area contributed by atoms with E-state index in [4.69, 9.17) is 14.2 Å². The average molecular weight is 418 g/mol. The van der Waals surface area contributed by atoms with Crippen molar-refractivity contribution in [3.63, 3.8) is 0 Å². The molecule has 2 amide bonds. The molecule has 1 aromatic rings. The Morgan fingerprint density at radius 3 is 2.53 bits per heavy atom. The third-order valence-electron chi connectivity index (χ3n) is 5.65. The van der Waals surface area contributed by atoms with Crippen molar-refractivity contribution < 1.29 is 23.8 Å². The number of carbonyl (C=O) groups is 2. The van der Waals surface area contributed by atoms with Gasteiger partial charge in [0.1, 0.15) is 11.5 Å². The van der Waals surface area contributed by atoms with Crippen LogP contribution in [0.2, 0.25) is 0 Å². The predicted octanol–water partition coefficient (Wildman–Crippen LogP) is 2.70. The number of likely N-dealkylation sites (N-methyl/N-ethyl adjacent to an activating group) is 1. The van der Waals surface area contributed by atoms with Gasteiger partial charge < -0.3 is 19.5 Å². The van der Waals surface area contributed by atoms with Gasteiger partial charge in [-0.05, 0) is 45.0 Å². The number of hydrogen-bond acceptors (Lipinski definition) is 6. The van der Waals surface area contributed by atoms with E-state index in [9.17, 15) is 9.59 Å². The van der Waals surface area contributed by atoms with E-state index >= 15 is 0 Å². The molecule has 2 aliphatic rings. The fraction of sp³-hybridized carbons (Fsp3) is 0.545. The van der Waals surface area contributed by atoms with Gasteiger partial charge in [-0.3, -0.25) is 9.80 Å². The highest BCUT2D eigenvalue weighted by atomic mass is 16.5. The third kappa shape index (κ3) is 4.53. The minimum atomic E-state index is -0.673. The summed E-state index contributed by atoms with van der Waals surface area (Å²) in [5.41, 5.74) is 1.79. The van der Waals surface area contributed by atoms with Gasteiger partial charge in [-0.15, -0.1) is 0 Å². The molecule has 1 N–H and O–H groups in total. The summed E-state index contributed by atoms with van der Waals surface area (Å²) in [6, 6.07) is 4.40. The molecule has 164 valence electrons. The quantitative estimate of drug-likeness (QED) is 0.687. The lowest BCUT2D eigenvalue weighted by Gasteiger charge is -2.37. The minimum Gasteiger partial charge on any atom is -0.497 e. The summed E-state index contributed by atoms with van der Waals surface area (Å²) >= 11 is 0. The highest BCUT2D eigenvalue weighted by Crippen LogP contribution is 2.37. The molecule has 0 aromatic heterocycles. The van der Waals surface area contributed by atoms with Gasteiger partial charge in [0.15, 0.2) is 0 Å². The van der Waals surface area contributed by atoms with Crippen molar-refractivity contribution in [2.24, 2.45) is 0 Å². The summed E-state index contributed by atoms with van der Waals surface area (Å²) in [5.74, 6) is 0.729. The molecule has 1 aromatic carbocycles. The molecule has 8 heteroatoms. The maximum absolute atomic E-state index is 13.1. The Bertz CT molecular complexity index is 817. The Balaban J connectivity index is 2.09. The number of piperidine rings is 1. The maximum atomic E-state index is 13.1. The Labute approximate surface area is 177 Å². The molecular formula is C22H31N3O5. The van der Waals surface area contributed by atoms with Gasteiger partial charge in [0, 0.05) is 30.9 Å². The number of esters is 1. The number of rotatable bonds is 7. The molecule has 0 radical (unpaired) electrons. The second-order valence-electron chi connectivity index (χ2n) is 7.47. The first-order valence-electron chi connectivity index (χ1n) is 10.4. The zero-order valence-electron chi connectivity index (χ0n) is 18.2. The first-order chi connectivity index (χ1) is 14.5. The topological polar surface area (TPSA) is 80.3 Å². The van der Waals surface area contributed by atoms with Crippen LogP contribution in [0.3, 0.4) is 0 Å². The smallest absolute Gasteiger partial charge is 0.338 e. The molecule has 1 atom stereocenters. The van der Waals surface area contributed by atoms with Crippen molar-refractivity contribution in [2.75, 3.05) is 47.5 Å². The number of nitrogens with zero attached hydrogens (tertiary/aromatic N) is 2. The number of nitrogens with one attached hydrogen (secondary N) is 1. The van der Waals surface area contributed by atoms with Crippen molar-refractivity contribution in [1.29, 1.82) is 0 Å². The lowest BCUT2D eigenvalue weighted by atomic mass is 9.93. The van der Waals surface area contributed by atoms with Crippen LogP contribution in [0.25, 0.3) is 0 Å². The van der Waals surface area contributed by atoms with Crippen LogP contribution < -0.4 is 14.8 Å². The van der Waals surface area contributed by atoms with Crippen LogP contribution in [0, 0.1) is 0 Å². The Hall–Kier alpha value is -2.74. The average Bonchev–Trinajstić information content (AvgIpc) is 2.77. The largest absolute Gasteiger partial charge is 0.497 e. The highest BCUT2D eigenvalue weighted by Gasteiger charge is 2.38. The van der Waals surface area contributed by atoms with Crippen LogP contribution in [0.4, 0.5) is 4.79 Å². The normalized spacial score (nSPS) is 20.1. The van der Waals surface area contributed by atoms with E-state index in [0.717, 1.165) is 25.9 Å². The first kappa shape index (κ1) is 22.0. The first-order valence-corrected chi connectivity index (χ1v) is 10.4. The SMILES string of the molecule is CCOC(=O)C1=C(CN2CCCCC2)N(C)C(=O)N[C@H]1c1ccc(OC)cc1OC. The van der Waals surface area contributed by atoms with E-state index in [1.54, 1.807) is 40.3 Å². The summed E-state index contributed by atoms with van der Waals surface area (Å²) in [6.45, 7) is 4.45. The molecule has 30 heavy (non-hydrogen) atoms. The van der Waals surface area contributed by atoms with Crippen molar-refractivity contribution >= 4 is 12.0 Å². The van der Waals surface area contributed by atoms with Gasteiger partial charge in [-0.1, -0.05) is 6.42 Å². The number of benzene rings is 1. The summed E-state index contributed by atoms with van der Waals surface area (Å²) < 4.78 is 16.2. The molecule has 1 saturated heterocycles. The van der Waals surface area contributed by atoms with Crippen molar-refractivity contribution in [3.8, 4) is 11.5 Å². The van der Waals surface area contributed by atoms with Crippen LogP contribution in [0.15, 0.2) is 29.5 Å². The zero-order chi connectivity index (χ0) is 21.7. The second kappa shape index (κ2) is 9.84. The number of urea groups is 1. The molecule has 0 spiro atoms. The van der Waals surface area contributed by atoms with Gasteiger partial charge >= 0.3 is 12.0 Å². The van der Waals surface area contributed by atoms with Crippen LogP contribution in [-0.4, -0.2) is 69.3 Å². The molecule has 0 unspecified atom stereocenters. The van der Waals surface area contributed by atoms with Crippen molar-refractivity contribution in [3.05, 3.63) is 35.0 Å². The van der Waals surface area contributed by atoms with Crippen LogP contribution >= 0.6 is 0 Å². The van der Waals surface area contributed by atoms with Crippen LogP contribution in [0.1, 0.15) is 37.8 Å². The summed E-state index contributed by atoms with van der Waals surface area (Å²) in [6.07, 6.45) is 3.45. The van der Waals surface area contributed by atoms with Gasteiger partial charge in [0.2, 0.25) is 0 Å². The molecule has 2 aliphatic heterocycles.